The van der Waals surface area contributed by atoms with Gasteiger partial charge in [0.25, 0.3) is 5.88 Å². The topological polar surface area (TPSA) is 102 Å². The fraction of sp³-hybridized carbons (Fsp3) is 0.0833. The van der Waals surface area contributed by atoms with Crippen molar-refractivity contribution < 1.29 is 9.66 Å². The Hall–Kier alpha value is -3.01. The molecule has 2 rings (SSSR count). The summed E-state index contributed by atoms with van der Waals surface area (Å²) in [6, 6.07) is 6.26. The molecule has 0 radical (unpaired) electrons. The second-order valence-corrected chi connectivity index (χ2v) is 3.65. The van der Waals surface area contributed by atoms with Gasteiger partial charge in [-0.25, -0.2) is 9.97 Å². The van der Waals surface area contributed by atoms with Gasteiger partial charge in [-0.15, -0.1) is 0 Å². The fourth-order valence-electron chi connectivity index (χ4n) is 1.43. The summed E-state index contributed by atoms with van der Waals surface area (Å²) in [5.74, 6) is -0.0271. The predicted molar refractivity (Wildman–Crippen MR) is 64.7 cm³/mol. The number of aryl methyl sites for hydroxylation is 1. The average molecular weight is 256 g/mol. The molecule has 2 aromatic rings. The summed E-state index contributed by atoms with van der Waals surface area (Å²) in [7, 11) is 0. The highest BCUT2D eigenvalue weighted by Gasteiger charge is 2.18. The van der Waals surface area contributed by atoms with E-state index in [-0.39, 0.29) is 23.0 Å². The average Bonchev–Trinajstić information content (AvgIpc) is 2.39. The molecule has 0 aliphatic carbocycles. The van der Waals surface area contributed by atoms with Crippen molar-refractivity contribution in [1.29, 1.82) is 5.26 Å². The lowest BCUT2D eigenvalue weighted by Gasteiger charge is -2.06. The van der Waals surface area contributed by atoms with Crippen LogP contribution in [-0.4, -0.2) is 14.9 Å². The van der Waals surface area contributed by atoms with Crippen molar-refractivity contribution in [3.05, 3.63) is 52.0 Å². The Bertz CT molecular complexity index is 679. The first-order valence-electron chi connectivity index (χ1n) is 5.26. The van der Waals surface area contributed by atoms with E-state index < -0.39 is 4.92 Å². The van der Waals surface area contributed by atoms with Gasteiger partial charge in [0.1, 0.15) is 6.07 Å². The van der Waals surface area contributed by atoms with Gasteiger partial charge in [0.05, 0.1) is 4.92 Å². The van der Waals surface area contributed by atoms with Crippen molar-refractivity contribution >= 4 is 5.69 Å². The van der Waals surface area contributed by atoms with Crippen LogP contribution in [0.1, 0.15) is 11.3 Å². The number of nitro groups is 1. The van der Waals surface area contributed by atoms with Crippen LogP contribution in [0.5, 0.6) is 11.6 Å². The first-order valence-corrected chi connectivity index (χ1v) is 5.26. The number of rotatable bonds is 3. The van der Waals surface area contributed by atoms with Crippen molar-refractivity contribution in [2.75, 3.05) is 0 Å². The summed E-state index contributed by atoms with van der Waals surface area (Å²) < 4.78 is 5.34. The highest BCUT2D eigenvalue weighted by molar-refractivity contribution is 5.50. The monoisotopic (exact) mass is 256 g/mol. The van der Waals surface area contributed by atoms with Crippen molar-refractivity contribution in [2.45, 2.75) is 6.92 Å². The number of hydrogen-bond acceptors (Lipinski definition) is 6. The standard InChI is InChI=1S/C12H8N4O3/c1-8-2-3-10(16(17)18)11(6-8)19-12-9(7-13)14-4-5-15-12/h2-6H,1H3. The largest absolute Gasteiger partial charge is 0.429 e. The van der Waals surface area contributed by atoms with E-state index in [1.165, 1.54) is 24.5 Å². The maximum absolute atomic E-state index is 10.9. The van der Waals surface area contributed by atoms with Crippen molar-refractivity contribution in [1.82, 2.24) is 9.97 Å². The Morgan fingerprint density at radius 2 is 2.11 bits per heavy atom. The Kier molecular flexibility index (Phi) is 3.34. The van der Waals surface area contributed by atoms with Crippen LogP contribution in [0.4, 0.5) is 5.69 Å². The molecular weight excluding hydrogens is 248 g/mol. The zero-order valence-corrected chi connectivity index (χ0v) is 9.90. The van der Waals surface area contributed by atoms with Crippen LogP contribution in [0.2, 0.25) is 0 Å². The van der Waals surface area contributed by atoms with E-state index >= 15 is 0 Å². The summed E-state index contributed by atoms with van der Waals surface area (Å²) in [4.78, 5) is 18.0. The highest BCUT2D eigenvalue weighted by Crippen LogP contribution is 2.31. The van der Waals surface area contributed by atoms with Crippen LogP contribution < -0.4 is 4.74 Å². The smallest absolute Gasteiger partial charge is 0.311 e. The molecule has 0 fully saturated rings. The van der Waals surface area contributed by atoms with Crippen LogP contribution in [0.3, 0.4) is 0 Å². The summed E-state index contributed by atoms with van der Waals surface area (Å²) in [5, 5.41) is 19.8. The van der Waals surface area contributed by atoms with E-state index in [0.29, 0.717) is 0 Å². The molecule has 1 heterocycles. The van der Waals surface area contributed by atoms with Gasteiger partial charge < -0.3 is 4.74 Å². The van der Waals surface area contributed by atoms with Gasteiger partial charge in [-0.3, -0.25) is 10.1 Å². The van der Waals surface area contributed by atoms with Gasteiger partial charge in [0, 0.05) is 18.5 Å². The van der Waals surface area contributed by atoms with E-state index in [9.17, 15) is 10.1 Å². The number of ether oxygens (including phenoxy) is 1. The third-order valence-corrected chi connectivity index (χ3v) is 2.29. The second-order valence-electron chi connectivity index (χ2n) is 3.65. The molecule has 0 bridgehead atoms. The van der Waals surface area contributed by atoms with E-state index in [2.05, 4.69) is 9.97 Å². The first kappa shape index (κ1) is 12.4. The van der Waals surface area contributed by atoms with Gasteiger partial charge in [-0.05, 0) is 18.6 Å². The maximum Gasteiger partial charge on any atom is 0.311 e. The maximum atomic E-state index is 10.9. The Morgan fingerprint density at radius 1 is 1.37 bits per heavy atom. The Morgan fingerprint density at radius 3 is 2.79 bits per heavy atom. The van der Waals surface area contributed by atoms with Gasteiger partial charge >= 0.3 is 5.69 Å². The van der Waals surface area contributed by atoms with Gasteiger partial charge in [-0.2, -0.15) is 5.26 Å². The number of hydrogen-bond donors (Lipinski definition) is 0. The first-order chi connectivity index (χ1) is 9.11. The second kappa shape index (κ2) is 5.10. The zero-order valence-electron chi connectivity index (χ0n) is 9.90. The summed E-state index contributed by atoms with van der Waals surface area (Å²) in [6.07, 6.45) is 2.69. The van der Waals surface area contributed by atoms with E-state index in [1.807, 2.05) is 6.07 Å². The quantitative estimate of drug-likeness (QED) is 0.617. The van der Waals surface area contributed by atoms with Gasteiger partial charge in [0.2, 0.25) is 11.4 Å². The van der Waals surface area contributed by atoms with Crippen LogP contribution in [0.25, 0.3) is 0 Å². The highest BCUT2D eigenvalue weighted by atomic mass is 16.6. The molecule has 7 heteroatoms. The number of nitrogens with zero attached hydrogens (tertiary/aromatic N) is 4. The van der Waals surface area contributed by atoms with Crippen LogP contribution in [-0.2, 0) is 0 Å². The molecule has 7 nitrogen and oxygen atoms in total. The molecule has 0 aliphatic rings. The van der Waals surface area contributed by atoms with E-state index in [0.717, 1.165) is 5.56 Å². The molecule has 94 valence electrons. The Balaban J connectivity index is 2.46. The molecular formula is C12H8N4O3. The fourth-order valence-corrected chi connectivity index (χ4v) is 1.43. The van der Waals surface area contributed by atoms with Gasteiger partial charge in [0.15, 0.2) is 0 Å². The third kappa shape index (κ3) is 2.63. The van der Waals surface area contributed by atoms with Crippen LogP contribution in [0.15, 0.2) is 30.6 Å². The number of nitriles is 1. The summed E-state index contributed by atoms with van der Waals surface area (Å²) in [5.41, 5.74) is 0.571. The predicted octanol–water partition coefficient (Wildman–Crippen LogP) is 2.36. The van der Waals surface area contributed by atoms with Crippen LogP contribution in [0, 0.1) is 28.4 Å². The molecule has 0 aliphatic heterocycles. The molecule has 0 unspecified atom stereocenters. The summed E-state index contributed by atoms with van der Waals surface area (Å²) >= 11 is 0. The zero-order chi connectivity index (χ0) is 13.8. The summed E-state index contributed by atoms with van der Waals surface area (Å²) in [6.45, 7) is 1.78. The third-order valence-electron chi connectivity index (χ3n) is 2.29. The SMILES string of the molecule is Cc1ccc([N+](=O)[O-])c(Oc2nccnc2C#N)c1. The number of aromatic nitrogens is 2. The van der Waals surface area contributed by atoms with Crippen molar-refractivity contribution in [2.24, 2.45) is 0 Å². The minimum absolute atomic E-state index is 0.0293. The molecule has 1 aromatic carbocycles. The minimum Gasteiger partial charge on any atom is -0.429 e. The molecule has 0 spiro atoms. The van der Waals surface area contributed by atoms with E-state index in [1.54, 1.807) is 13.0 Å². The van der Waals surface area contributed by atoms with Crippen LogP contribution >= 0.6 is 0 Å². The van der Waals surface area contributed by atoms with Gasteiger partial charge in [-0.1, -0.05) is 6.07 Å². The minimum atomic E-state index is -0.558. The van der Waals surface area contributed by atoms with Crippen molar-refractivity contribution in [3.8, 4) is 17.7 Å². The Labute approximate surface area is 108 Å². The molecule has 0 N–H and O–H groups in total. The molecule has 0 saturated heterocycles. The number of benzene rings is 1. The molecule has 1 aromatic heterocycles. The normalized spacial score (nSPS) is 9.68. The molecule has 19 heavy (non-hydrogen) atoms. The lowest BCUT2D eigenvalue weighted by atomic mass is 10.2. The lowest BCUT2D eigenvalue weighted by molar-refractivity contribution is -0.385. The molecule has 0 saturated carbocycles. The number of nitro benzene ring substituents is 1. The molecule has 0 amide bonds. The molecule has 0 atom stereocenters. The lowest BCUT2D eigenvalue weighted by Crippen LogP contribution is -1.98. The van der Waals surface area contributed by atoms with Crippen molar-refractivity contribution in [3.63, 3.8) is 0 Å². The van der Waals surface area contributed by atoms with E-state index in [4.69, 9.17) is 10.00 Å².